The minimum Gasteiger partial charge on any atom is -0.324 e. The van der Waals surface area contributed by atoms with Gasteiger partial charge >= 0.3 is 0 Å². The molecule has 2 rings (SSSR count). The van der Waals surface area contributed by atoms with Crippen molar-refractivity contribution in [1.82, 2.24) is 0 Å². The summed E-state index contributed by atoms with van der Waals surface area (Å²) in [4.78, 5) is 12.8. The van der Waals surface area contributed by atoms with E-state index in [0.29, 0.717) is 22.8 Å². The molecule has 0 spiro atoms. The number of amides is 1. The van der Waals surface area contributed by atoms with Crippen molar-refractivity contribution < 1.29 is 13.2 Å². The third kappa shape index (κ3) is 4.74. The number of halogens is 1. The highest BCUT2D eigenvalue weighted by molar-refractivity contribution is 7.92. The predicted octanol–water partition coefficient (Wildman–Crippen LogP) is 3.83. The second-order valence-corrected chi connectivity index (χ2v) is 8.06. The van der Waals surface area contributed by atoms with Crippen LogP contribution in [-0.4, -0.2) is 26.6 Å². The number of nitrogens with zero attached hydrogens (tertiary/aromatic N) is 1. The van der Waals surface area contributed by atoms with Crippen LogP contribution < -0.4 is 9.62 Å². The number of para-hydroxylation sites is 1. The van der Waals surface area contributed by atoms with Crippen LogP contribution in [0.15, 0.2) is 48.5 Å². The molecule has 25 heavy (non-hydrogen) atoms. The Balaban J connectivity index is 2.40. The first-order chi connectivity index (χ1) is 11.7. The van der Waals surface area contributed by atoms with Gasteiger partial charge in [0.15, 0.2) is 0 Å². The zero-order valence-electron chi connectivity index (χ0n) is 14.4. The van der Waals surface area contributed by atoms with Crippen molar-refractivity contribution >= 4 is 38.9 Å². The zero-order chi connectivity index (χ0) is 18.6. The quantitative estimate of drug-likeness (QED) is 0.828. The molecule has 2 aromatic carbocycles. The number of carbonyl (C=O) groups is 1. The van der Waals surface area contributed by atoms with Gasteiger partial charge in [0.25, 0.3) is 0 Å². The van der Waals surface area contributed by atoms with Crippen LogP contribution in [-0.2, 0) is 14.8 Å². The molecule has 5 nitrogen and oxygen atoms in total. The van der Waals surface area contributed by atoms with E-state index in [9.17, 15) is 13.2 Å². The van der Waals surface area contributed by atoms with Gasteiger partial charge in [-0.3, -0.25) is 9.10 Å². The van der Waals surface area contributed by atoms with Crippen LogP contribution in [0.1, 0.15) is 18.9 Å². The van der Waals surface area contributed by atoms with Gasteiger partial charge in [-0.2, -0.15) is 0 Å². The lowest BCUT2D eigenvalue weighted by molar-refractivity contribution is -0.117. The Morgan fingerprint density at radius 1 is 1.20 bits per heavy atom. The number of anilines is 2. The van der Waals surface area contributed by atoms with Crippen LogP contribution in [0, 0.1) is 6.92 Å². The van der Waals surface area contributed by atoms with Crippen molar-refractivity contribution in [3.05, 3.63) is 59.1 Å². The number of hydrogen-bond donors (Lipinski definition) is 1. The SMILES string of the molecule is CC[C@@H](C(=O)Nc1ccccc1C)N(c1cccc(Cl)c1)S(C)(=O)=O. The lowest BCUT2D eigenvalue weighted by Gasteiger charge is -2.30. The van der Waals surface area contributed by atoms with Gasteiger partial charge in [-0.15, -0.1) is 0 Å². The Bertz CT molecular complexity index is 868. The fraction of sp³-hybridized carbons (Fsp3) is 0.278. The van der Waals surface area contributed by atoms with Crippen molar-refractivity contribution in [1.29, 1.82) is 0 Å². The summed E-state index contributed by atoms with van der Waals surface area (Å²) in [6.45, 7) is 3.65. The number of hydrogen-bond acceptors (Lipinski definition) is 3. The summed E-state index contributed by atoms with van der Waals surface area (Å²) < 4.78 is 25.9. The molecule has 0 bridgehead atoms. The van der Waals surface area contributed by atoms with Crippen molar-refractivity contribution in [2.45, 2.75) is 26.3 Å². The largest absolute Gasteiger partial charge is 0.324 e. The topological polar surface area (TPSA) is 66.5 Å². The monoisotopic (exact) mass is 380 g/mol. The Morgan fingerprint density at radius 3 is 2.44 bits per heavy atom. The fourth-order valence-electron chi connectivity index (χ4n) is 2.60. The second kappa shape index (κ2) is 7.89. The highest BCUT2D eigenvalue weighted by Gasteiger charge is 2.31. The summed E-state index contributed by atoms with van der Waals surface area (Å²) in [6, 6.07) is 12.9. The number of aryl methyl sites for hydroxylation is 1. The molecule has 0 aliphatic rings. The van der Waals surface area contributed by atoms with E-state index in [2.05, 4.69) is 5.32 Å². The lowest BCUT2D eigenvalue weighted by Crippen LogP contribution is -2.47. The van der Waals surface area contributed by atoms with E-state index < -0.39 is 16.1 Å². The highest BCUT2D eigenvalue weighted by Crippen LogP contribution is 2.26. The third-order valence-electron chi connectivity index (χ3n) is 3.80. The van der Waals surface area contributed by atoms with E-state index in [0.717, 1.165) is 16.1 Å². The molecule has 1 atom stereocenters. The first-order valence-corrected chi connectivity index (χ1v) is 10.1. The van der Waals surface area contributed by atoms with E-state index in [1.807, 2.05) is 25.1 Å². The van der Waals surface area contributed by atoms with Crippen molar-refractivity contribution in [2.75, 3.05) is 15.9 Å². The summed E-state index contributed by atoms with van der Waals surface area (Å²) in [5.41, 5.74) is 1.92. The van der Waals surface area contributed by atoms with Crippen molar-refractivity contribution in [2.24, 2.45) is 0 Å². The molecule has 7 heteroatoms. The van der Waals surface area contributed by atoms with Gasteiger partial charge in [0, 0.05) is 10.7 Å². The molecule has 1 N–H and O–H groups in total. The maximum absolute atomic E-state index is 12.8. The van der Waals surface area contributed by atoms with Crippen LogP contribution in [0.2, 0.25) is 5.02 Å². The summed E-state index contributed by atoms with van der Waals surface area (Å²) in [7, 11) is -3.68. The summed E-state index contributed by atoms with van der Waals surface area (Å²) in [5.74, 6) is -0.387. The molecule has 0 aromatic heterocycles. The van der Waals surface area contributed by atoms with E-state index >= 15 is 0 Å². The molecule has 0 fully saturated rings. The Hall–Kier alpha value is -2.05. The Morgan fingerprint density at radius 2 is 1.88 bits per heavy atom. The average Bonchev–Trinajstić information content (AvgIpc) is 2.53. The normalized spacial score (nSPS) is 12.5. The van der Waals surface area contributed by atoms with Crippen molar-refractivity contribution in [3.63, 3.8) is 0 Å². The van der Waals surface area contributed by atoms with E-state index in [-0.39, 0.29) is 5.91 Å². The standard InChI is InChI=1S/C18H21ClN2O3S/c1-4-17(18(22)20-16-11-6-5-8-13(16)2)21(25(3,23)24)15-10-7-9-14(19)12-15/h5-12,17H,4H2,1-3H3,(H,20,22)/t17-/m0/s1. The number of sulfonamides is 1. The number of nitrogens with one attached hydrogen (secondary N) is 1. The molecule has 2 aromatic rings. The smallest absolute Gasteiger partial charge is 0.248 e. The van der Waals surface area contributed by atoms with E-state index in [4.69, 9.17) is 11.6 Å². The van der Waals surface area contributed by atoms with E-state index in [1.54, 1.807) is 31.2 Å². The first-order valence-electron chi connectivity index (χ1n) is 7.85. The van der Waals surface area contributed by atoms with Crippen LogP contribution in [0.5, 0.6) is 0 Å². The molecule has 0 unspecified atom stereocenters. The van der Waals surface area contributed by atoms with Gasteiger partial charge in [-0.1, -0.05) is 42.8 Å². The molecule has 134 valence electrons. The highest BCUT2D eigenvalue weighted by atomic mass is 35.5. The van der Waals surface area contributed by atoms with Gasteiger partial charge in [0.05, 0.1) is 11.9 Å². The Labute approximate surface area is 153 Å². The lowest BCUT2D eigenvalue weighted by atomic mass is 10.1. The molecule has 1 amide bonds. The Kier molecular flexibility index (Phi) is 6.08. The van der Waals surface area contributed by atoms with Crippen molar-refractivity contribution in [3.8, 4) is 0 Å². The molecular weight excluding hydrogens is 360 g/mol. The minimum atomic E-state index is -3.68. The number of benzene rings is 2. The third-order valence-corrected chi connectivity index (χ3v) is 5.21. The first kappa shape index (κ1) is 19.3. The van der Waals surface area contributed by atoms with Crippen LogP contribution in [0.4, 0.5) is 11.4 Å². The van der Waals surface area contributed by atoms with Crippen LogP contribution in [0.25, 0.3) is 0 Å². The van der Waals surface area contributed by atoms with Gasteiger partial charge < -0.3 is 5.32 Å². The average molecular weight is 381 g/mol. The molecular formula is C18H21ClN2O3S. The van der Waals surface area contributed by atoms with Crippen LogP contribution >= 0.6 is 11.6 Å². The maximum atomic E-state index is 12.8. The summed E-state index contributed by atoms with van der Waals surface area (Å²) in [6.07, 6.45) is 1.40. The molecule has 0 aliphatic heterocycles. The molecule has 0 radical (unpaired) electrons. The maximum Gasteiger partial charge on any atom is 0.248 e. The predicted molar refractivity (Wildman–Crippen MR) is 103 cm³/mol. The molecule has 0 aliphatic carbocycles. The van der Waals surface area contributed by atoms with E-state index in [1.165, 1.54) is 6.07 Å². The summed E-state index contributed by atoms with van der Waals surface area (Å²) >= 11 is 5.99. The van der Waals surface area contributed by atoms with Gasteiger partial charge in [-0.25, -0.2) is 8.42 Å². The molecule has 0 saturated carbocycles. The minimum absolute atomic E-state index is 0.317. The second-order valence-electron chi connectivity index (χ2n) is 5.77. The molecule has 0 heterocycles. The fourth-order valence-corrected chi connectivity index (χ4v) is 3.99. The number of carbonyl (C=O) groups excluding carboxylic acids is 1. The molecule has 0 saturated heterocycles. The van der Waals surface area contributed by atoms with Gasteiger partial charge in [-0.05, 0) is 43.2 Å². The zero-order valence-corrected chi connectivity index (χ0v) is 15.9. The van der Waals surface area contributed by atoms with Gasteiger partial charge in [0.2, 0.25) is 15.9 Å². The van der Waals surface area contributed by atoms with Gasteiger partial charge in [0.1, 0.15) is 6.04 Å². The summed E-state index contributed by atoms with van der Waals surface area (Å²) in [5, 5.41) is 3.22. The number of rotatable bonds is 6. The van der Waals surface area contributed by atoms with Crippen LogP contribution in [0.3, 0.4) is 0 Å².